The first-order valence-electron chi connectivity index (χ1n) is 4.75. The van der Waals surface area contributed by atoms with E-state index in [1.54, 1.807) is 0 Å². The Hall–Kier alpha value is -1.04. The van der Waals surface area contributed by atoms with Crippen LogP contribution in [0, 0.1) is 0 Å². The Morgan fingerprint density at radius 3 is 2.93 bits per heavy atom. The summed E-state index contributed by atoms with van der Waals surface area (Å²) >= 11 is 3.30. The second kappa shape index (κ2) is 3.52. The first-order chi connectivity index (χ1) is 7.00. The zero-order chi connectivity index (χ0) is 11.2. The van der Waals surface area contributed by atoms with E-state index >= 15 is 0 Å². The molecule has 1 N–H and O–H groups in total. The van der Waals surface area contributed by atoms with Crippen molar-refractivity contribution in [2.24, 2.45) is 0 Å². The van der Waals surface area contributed by atoms with Crippen LogP contribution in [-0.4, -0.2) is 31.9 Å². The summed E-state index contributed by atoms with van der Waals surface area (Å²) < 4.78 is 2.61. The Balaban J connectivity index is 2.42. The highest BCUT2D eigenvalue weighted by Gasteiger charge is 2.33. The lowest BCUT2D eigenvalue weighted by Crippen LogP contribution is -2.46. The van der Waals surface area contributed by atoms with E-state index in [0.717, 1.165) is 10.3 Å². The zero-order valence-corrected chi connectivity index (χ0v) is 10.1. The van der Waals surface area contributed by atoms with Gasteiger partial charge in [-0.2, -0.15) is 5.10 Å². The topological polar surface area (TPSA) is 58.4 Å². The molecule has 5 nitrogen and oxygen atoms in total. The molecule has 0 spiro atoms. The van der Waals surface area contributed by atoms with Gasteiger partial charge >= 0.3 is 6.09 Å². The normalized spacial score (nSPS) is 25.1. The van der Waals surface area contributed by atoms with Crippen LogP contribution in [0.1, 0.15) is 25.6 Å². The number of rotatable bonds is 0. The second-order valence-corrected chi connectivity index (χ2v) is 4.60. The van der Waals surface area contributed by atoms with Crippen molar-refractivity contribution in [3.63, 3.8) is 0 Å². The van der Waals surface area contributed by atoms with Gasteiger partial charge in [0.25, 0.3) is 0 Å². The summed E-state index contributed by atoms with van der Waals surface area (Å²) in [6.45, 7) is 4.38. The average molecular weight is 274 g/mol. The van der Waals surface area contributed by atoms with Crippen molar-refractivity contribution in [1.82, 2.24) is 14.7 Å². The summed E-state index contributed by atoms with van der Waals surface area (Å²) in [7, 11) is 0. The molecule has 1 amide bonds. The summed E-state index contributed by atoms with van der Waals surface area (Å²) in [5, 5.41) is 13.4. The fourth-order valence-corrected chi connectivity index (χ4v) is 2.52. The van der Waals surface area contributed by atoms with Crippen LogP contribution in [0.2, 0.25) is 0 Å². The Kier molecular flexibility index (Phi) is 2.46. The van der Waals surface area contributed by atoms with E-state index in [0.29, 0.717) is 6.54 Å². The van der Waals surface area contributed by atoms with Crippen LogP contribution < -0.4 is 0 Å². The second-order valence-electron chi connectivity index (χ2n) is 3.79. The van der Waals surface area contributed by atoms with E-state index in [1.807, 2.05) is 24.6 Å². The fourth-order valence-electron chi connectivity index (χ4n) is 2.10. The van der Waals surface area contributed by atoms with E-state index in [9.17, 15) is 4.79 Å². The molecule has 0 bridgehead atoms. The van der Waals surface area contributed by atoms with Crippen molar-refractivity contribution in [1.29, 1.82) is 0 Å². The van der Waals surface area contributed by atoms with Gasteiger partial charge in [-0.05, 0) is 35.8 Å². The van der Waals surface area contributed by atoms with Crippen LogP contribution >= 0.6 is 15.9 Å². The Bertz CT molecular complexity index is 404. The monoisotopic (exact) mass is 273 g/mol. The molecule has 0 aromatic carbocycles. The molecular formula is C9H12BrN3O2. The summed E-state index contributed by atoms with van der Waals surface area (Å²) in [5.41, 5.74) is 0.933. The maximum absolute atomic E-state index is 11.1. The van der Waals surface area contributed by atoms with Gasteiger partial charge in [-0.1, -0.05) is 0 Å². The molecule has 1 aromatic rings. The molecule has 1 aromatic heterocycles. The van der Waals surface area contributed by atoms with Gasteiger partial charge in [-0.25, -0.2) is 4.79 Å². The number of hydrogen-bond acceptors (Lipinski definition) is 2. The van der Waals surface area contributed by atoms with Gasteiger partial charge in [0.2, 0.25) is 0 Å². The summed E-state index contributed by atoms with van der Waals surface area (Å²) in [6.07, 6.45) is -0.876. The van der Waals surface area contributed by atoms with Crippen LogP contribution in [0.5, 0.6) is 0 Å². The largest absolute Gasteiger partial charge is 0.465 e. The Morgan fingerprint density at radius 1 is 1.67 bits per heavy atom. The van der Waals surface area contributed by atoms with Crippen molar-refractivity contribution < 1.29 is 9.90 Å². The highest BCUT2D eigenvalue weighted by atomic mass is 79.9. The van der Waals surface area contributed by atoms with Gasteiger partial charge in [0, 0.05) is 0 Å². The van der Waals surface area contributed by atoms with Gasteiger partial charge < -0.3 is 5.11 Å². The quantitative estimate of drug-likeness (QED) is 0.788. The first-order valence-corrected chi connectivity index (χ1v) is 5.54. The molecule has 15 heavy (non-hydrogen) atoms. The molecule has 1 aliphatic rings. The van der Waals surface area contributed by atoms with E-state index < -0.39 is 6.09 Å². The standard InChI is InChI=1S/C9H12BrN3O2/c1-5-4-12-7(3-8(10)11-12)6(2)13(5)9(14)15/h3,5-6H,4H2,1-2H3,(H,14,15)/t5-,6?/m1/s1. The Morgan fingerprint density at radius 2 is 2.33 bits per heavy atom. The smallest absolute Gasteiger partial charge is 0.408 e. The van der Waals surface area contributed by atoms with Crippen molar-refractivity contribution in [2.75, 3.05) is 0 Å². The third-order valence-electron chi connectivity index (χ3n) is 2.76. The SMILES string of the molecule is CC1c2cc(Br)nn2C[C@@H](C)N1C(=O)O. The minimum Gasteiger partial charge on any atom is -0.465 e. The number of carboxylic acid groups (broad SMARTS) is 1. The molecule has 0 fully saturated rings. The predicted octanol–water partition coefficient (Wildman–Crippen LogP) is 2.09. The maximum atomic E-state index is 11.1. The van der Waals surface area contributed by atoms with Crippen molar-refractivity contribution in [2.45, 2.75) is 32.5 Å². The van der Waals surface area contributed by atoms with E-state index in [-0.39, 0.29) is 12.1 Å². The lowest BCUT2D eigenvalue weighted by atomic mass is 10.1. The highest BCUT2D eigenvalue weighted by Crippen LogP contribution is 2.29. The minimum absolute atomic E-state index is 0.0446. The molecule has 0 saturated carbocycles. The Labute approximate surface area is 95.8 Å². The molecule has 0 saturated heterocycles. The lowest BCUT2D eigenvalue weighted by molar-refractivity contribution is 0.0835. The summed E-state index contributed by atoms with van der Waals surface area (Å²) in [5.74, 6) is 0. The van der Waals surface area contributed by atoms with Gasteiger partial charge in [0.05, 0.1) is 24.3 Å². The van der Waals surface area contributed by atoms with E-state index in [4.69, 9.17) is 5.11 Å². The number of amides is 1. The van der Waals surface area contributed by atoms with Crippen LogP contribution in [0.4, 0.5) is 4.79 Å². The van der Waals surface area contributed by atoms with Crippen LogP contribution in [-0.2, 0) is 6.54 Å². The number of halogens is 1. The summed E-state index contributed by atoms with van der Waals surface area (Å²) in [4.78, 5) is 12.5. The van der Waals surface area contributed by atoms with E-state index in [2.05, 4.69) is 21.0 Å². The number of aromatic nitrogens is 2. The number of nitrogens with zero attached hydrogens (tertiary/aromatic N) is 3. The van der Waals surface area contributed by atoms with Crippen LogP contribution in [0.15, 0.2) is 10.7 Å². The molecule has 2 atom stereocenters. The summed E-state index contributed by atoms with van der Waals surface area (Å²) in [6, 6.07) is 1.67. The minimum atomic E-state index is -0.876. The van der Waals surface area contributed by atoms with Gasteiger partial charge in [0.1, 0.15) is 4.60 Å². The third kappa shape index (κ3) is 1.62. The maximum Gasteiger partial charge on any atom is 0.408 e. The van der Waals surface area contributed by atoms with Crippen molar-refractivity contribution in [3.05, 3.63) is 16.4 Å². The van der Waals surface area contributed by atoms with Crippen molar-refractivity contribution >= 4 is 22.0 Å². The van der Waals surface area contributed by atoms with Crippen LogP contribution in [0.25, 0.3) is 0 Å². The number of carbonyl (C=O) groups is 1. The molecule has 2 rings (SSSR count). The first kappa shape index (κ1) is 10.5. The molecule has 0 radical (unpaired) electrons. The molecule has 82 valence electrons. The molecule has 2 heterocycles. The number of hydrogen-bond donors (Lipinski definition) is 1. The zero-order valence-electron chi connectivity index (χ0n) is 8.51. The van der Waals surface area contributed by atoms with Gasteiger partial charge in [-0.3, -0.25) is 9.58 Å². The molecule has 0 aliphatic carbocycles. The van der Waals surface area contributed by atoms with Gasteiger partial charge in [0.15, 0.2) is 0 Å². The van der Waals surface area contributed by atoms with E-state index in [1.165, 1.54) is 4.90 Å². The third-order valence-corrected chi connectivity index (χ3v) is 3.15. The molecule has 1 aliphatic heterocycles. The molecular weight excluding hydrogens is 262 g/mol. The van der Waals surface area contributed by atoms with Gasteiger partial charge in [-0.15, -0.1) is 0 Å². The molecule has 6 heteroatoms. The fraction of sp³-hybridized carbons (Fsp3) is 0.556. The predicted molar refractivity (Wildman–Crippen MR) is 57.7 cm³/mol. The van der Waals surface area contributed by atoms with Crippen LogP contribution in [0.3, 0.4) is 0 Å². The molecule has 1 unspecified atom stereocenters. The van der Waals surface area contributed by atoms with Crippen molar-refractivity contribution in [3.8, 4) is 0 Å². The average Bonchev–Trinajstić information content (AvgIpc) is 2.45. The highest BCUT2D eigenvalue weighted by molar-refractivity contribution is 9.10. The number of fused-ring (bicyclic) bond motifs is 1. The lowest BCUT2D eigenvalue weighted by Gasteiger charge is -2.37.